The second kappa shape index (κ2) is 15.9. The number of urea groups is 1. The Morgan fingerprint density at radius 3 is 2.41 bits per heavy atom. The molecular formula is C32H42F3N7O4. The summed E-state index contributed by atoms with van der Waals surface area (Å²) in [7, 11) is 6.86. The second-order valence-corrected chi connectivity index (χ2v) is 11.5. The molecule has 1 aliphatic carbocycles. The van der Waals surface area contributed by atoms with Crippen LogP contribution in [0.4, 0.5) is 18.0 Å². The lowest BCUT2D eigenvalue weighted by Gasteiger charge is -2.44. The molecule has 3 rings (SSSR count). The number of carbonyl (C=O) groups is 2. The van der Waals surface area contributed by atoms with E-state index >= 15 is 0 Å². The number of aliphatic hydroxyl groups is 1. The van der Waals surface area contributed by atoms with Crippen LogP contribution in [0.2, 0.25) is 0 Å². The number of nitrogens with one attached hydrogen (secondary N) is 2. The van der Waals surface area contributed by atoms with Crippen molar-refractivity contribution in [2.24, 2.45) is 0 Å². The highest BCUT2D eigenvalue weighted by atomic mass is 19.4. The van der Waals surface area contributed by atoms with Crippen LogP contribution < -0.4 is 5.32 Å². The molecule has 2 atom stereocenters. The molecule has 1 aromatic rings. The minimum absolute atomic E-state index is 0.0207. The van der Waals surface area contributed by atoms with Crippen molar-refractivity contribution in [3.8, 4) is 6.07 Å². The van der Waals surface area contributed by atoms with E-state index in [0.29, 0.717) is 17.7 Å². The number of hydrogen-bond donors (Lipinski definition) is 3. The molecule has 1 aliphatic heterocycles. The smallest absolute Gasteiger partial charge is 0.412 e. The number of amides is 2. The van der Waals surface area contributed by atoms with Gasteiger partial charge in [-0.1, -0.05) is 24.6 Å². The van der Waals surface area contributed by atoms with Gasteiger partial charge in [-0.15, -0.1) is 0 Å². The average Bonchev–Trinajstić information content (AvgIpc) is 3.02. The normalized spacial score (nSPS) is 18.0. The van der Waals surface area contributed by atoms with Gasteiger partial charge in [0.05, 0.1) is 30.9 Å². The predicted octanol–water partition coefficient (Wildman–Crippen LogP) is 4.46. The van der Waals surface area contributed by atoms with E-state index < -0.39 is 42.0 Å². The van der Waals surface area contributed by atoms with Crippen molar-refractivity contribution >= 4 is 18.0 Å². The third-order valence-electron chi connectivity index (χ3n) is 7.95. The zero-order valence-electron chi connectivity index (χ0n) is 26.8. The molecule has 0 bridgehead atoms. The Hall–Kier alpha value is -4.19. The molecule has 250 valence electrons. The van der Waals surface area contributed by atoms with Crippen molar-refractivity contribution < 1.29 is 32.6 Å². The Morgan fingerprint density at radius 2 is 1.83 bits per heavy atom. The highest BCUT2D eigenvalue weighted by Crippen LogP contribution is 2.41. The molecule has 3 N–H and O–H groups in total. The van der Waals surface area contributed by atoms with Gasteiger partial charge in [0.1, 0.15) is 12.3 Å². The maximum Gasteiger partial charge on any atom is 0.412 e. The lowest BCUT2D eigenvalue weighted by Crippen LogP contribution is -2.57. The minimum atomic E-state index is -4.60. The number of ether oxygens (including phenoxy) is 1. The number of unbranched alkanes of at least 4 members (excludes halogenated alkanes) is 2. The molecule has 0 fully saturated rings. The number of halogens is 3. The van der Waals surface area contributed by atoms with Gasteiger partial charge in [-0.3, -0.25) is 20.1 Å². The fraction of sp³-hybridized carbons (Fsp3) is 0.500. The van der Waals surface area contributed by atoms with Crippen LogP contribution in [0.1, 0.15) is 56.2 Å². The fourth-order valence-corrected chi connectivity index (χ4v) is 5.39. The summed E-state index contributed by atoms with van der Waals surface area (Å²) in [5.41, 5.74) is -0.122. The van der Waals surface area contributed by atoms with E-state index in [9.17, 15) is 33.1 Å². The number of esters is 1. The number of likely N-dealkylation sites (N-methyl/N-ethyl adjacent to an activating group) is 1. The number of benzene rings is 1. The van der Waals surface area contributed by atoms with Gasteiger partial charge in [0.2, 0.25) is 5.96 Å². The third kappa shape index (κ3) is 8.74. The summed E-state index contributed by atoms with van der Waals surface area (Å²) in [5.74, 6) is -1.36. The molecule has 2 amide bonds. The molecule has 14 heteroatoms. The van der Waals surface area contributed by atoms with Crippen LogP contribution >= 0.6 is 0 Å². The quantitative estimate of drug-likeness (QED) is 0.172. The number of allylic oxidation sites excluding steroid dienone is 4. The zero-order chi connectivity index (χ0) is 34.2. The van der Waals surface area contributed by atoms with Crippen LogP contribution in [0.3, 0.4) is 0 Å². The van der Waals surface area contributed by atoms with Crippen molar-refractivity contribution in [3.63, 3.8) is 0 Å². The van der Waals surface area contributed by atoms with Crippen LogP contribution in [-0.2, 0) is 9.53 Å². The molecular weight excluding hydrogens is 603 g/mol. The second-order valence-electron chi connectivity index (χ2n) is 11.5. The number of nitrogens with zero attached hydrogens (tertiary/aromatic N) is 5. The van der Waals surface area contributed by atoms with E-state index in [1.54, 1.807) is 11.9 Å². The van der Waals surface area contributed by atoms with Gasteiger partial charge in [0.25, 0.3) is 0 Å². The lowest BCUT2D eigenvalue weighted by atomic mass is 9.91. The van der Waals surface area contributed by atoms with Gasteiger partial charge >= 0.3 is 18.2 Å². The maximum atomic E-state index is 13.9. The minimum Gasteiger partial charge on any atom is -0.466 e. The molecule has 2 aliphatic rings. The van der Waals surface area contributed by atoms with E-state index in [2.05, 4.69) is 10.2 Å². The first-order valence-corrected chi connectivity index (χ1v) is 15.0. The zero-order valence-corrected chi connectivity index (χ0v) is 26.8. The monoisotopic (exact) mass is 645 g/mol. The van der Waals surface area contributed by atoms with Crippen LogP contribution in [-0.4, -0.2) is 103 Å². The summed E-state index contributed by atoms with van der Waals surface area (Å²) in [6, 6.07) is 5.95. The summed E-state index contributed by atoms with van der Waals surface area (Å²) < 4.78 is 46.1. The lowest BCUT2D eigenvalue weighted by molar-refractivity contribution is -0.137. The Balaban J connectivity index is 1.98. The van der Waals surface area contributed by atoms with Crippen molar-refractivity contribution in [1.29, 1.82) is 10.7 Å². The molecule has 0 radical (unpaired) electrons. The van der Waals surface area contributed by atoms with Gasteiger partial charge < -0.3 is 20.1 Å². The van der Waals surface area contributed by atoms with Gasteiger partial charge in [0, 0.05) is 23.5 Å². The molecule has 0 aromatic heterocycles. The van der Waals surface area contributed by atoms with Gasteiger partial charge in [-0.25, -0.2) is 9.59 Å². The summed E-state index contributed by atoms with van der Waals surface area (Å²) in [4.78, 5) is 33.0. The summed E-state index contributed by atoms with van der Waals surface area (Å²) in [6.45, 7) is 2.77. The summed E-state index contributed by atoms with van der Waals surface area (Å²) in [5, 5.41) is 31.8. The van der Waals surface area contributed by atoms with Crippen molar-refractivity contribution in [1.82, 2.24) is 24.9 Å². The fourth-order valence-electron chi connectivity index (χ4n) is 5.39. The van der Waals surface area contributed by atoms with Crippen molar-refractivity contribution in [2.75, 3.05) is 47.9 Å². The number of nitriles is 1. The first-order valence-electron chi connectivity index (χ1n) is 15.0. The van der Waals surface area contributed by atoms with Crippen molar-refractivity contribution in [3.05, 3.63) is 70.1 Å². The first kappa shape index (κ1) is 36.3. The maximum absolute atomic E-state index is 13.9. The largest absolute Gasteiger partial charge is 0.466 e. The highest BCUT2D eigenvalue weighted by molar-refractivity contribution is 6.03. The Morgan fingerprint density at radius 1 is 1.17 bits per heavy atom. The molecule has 2 unspecified atom stereocenters. The van der Waals surface area contributed by atoms with Gasteiger partial charge in [0.15, 0.2) is 0 Å². The highest BCUT2D eigenvalue weighted by Gasteiger charge is 2.45. The van der Waals surface area contributed by atoms with Crippen LogP contribution in [0.25, 0.3) is 0 Å². The number of methoxy groups -OCH3 is 1. The molecule has 0 saturated heterocycles. The van der Waals surface area contributed by atoms with Crippen LogP contribution in [0.15, 0.2) is 59.0 Å². The van der Waals surface area contributed by atoms with E-state index in [1.807, 2.05) is 20.2 Å². The summed E-state index contributed by atoms with van der Waals surface area (Å²) in [6.07, 6.45) is -0.682. The first-order chi connectivity index (χ1) is 21.7. The topological polar surface area (TPSA) is 136 Å². The van der Waals surface area contributed by atoms with E-state index in [4.69, 9.17) is 10.1 Å². The number of guanidine groups is 1. The Labute approximate surface area is 267 Å². The standard InChI is InChI=1S/C32H42F3N7O4/c1-21-27(29(44)46-5)28(23-14-12-22(19-36)13-15-23)42(30(37)41(21)25-11-9-10-24(18-25)32(33,34)35)31(45)38-20-26(43)40(4)17-8-6-7-16-39(2)3/h11-15,18,26,28,37,43H,6-10,16-17,20H2,1-5H3,(H,38,45). The molecule has 46 heavy (non-hydrogen) atoms. The number of hydrogen-bond acceptors (Lipinski definition) is 8. The molecule has 11 nitrogen and oxygen atoms in total. The summed E-state index contributed by atoms with van der Waals surface area (Å²) >= 11 is 0. The number of alkyl halides is 3. The predicted molar refractivity (Wildman–Crippen MR) is 166 cm³/mol. The van der Waals surface area contributed by atoms with Gasteiger partial charge in [-0.05, 0) is 84.1 Å². The van der Waals surface area contributed by atoms with Gasteiger partial charge in [-0.2, -0.15) is 18.4 Å². The van der Waals surface area contributed by atoms with E-state index in [1.165, 1.54) is 37.3 Å². The third-order valence-corrected chi connectivity index (χ3v) is 7.95. The van der Waals surface area contributed by atoms with Crippen LogP contribution in [0.5, 0.6) is 0 Å². The average molecular weight is 646 g/mol. The SMILES string of the molecule is COC(=O)C1=C(C)N(C2=CCCC(C(F)(F)F)=C2)C(=N)N(C(=O)NCC(O)N(C)CCCCCN(C)C)C1c1ccc(C#N)cc1. The Bertz CT molecular complexity index is 1410. The molecule has 0 saturated carbocycles. The van der Waals surface area contributed by atoms with E-state index in [-0.39, 0.29) is 36.4 Å². The number of carbonyl (C=O) groups excluding carboxylic acids is 2. The van der Waals surface area contributed by atoms with E-state index in [0.717, 1.165) is 48.8 Å². The Kier molecular flexibility index (Phi) is 12.5. The number of rotatable bonds is 12. The molecule has 1 heterocycles. The van der Waals surface area contributed by atoms with Crippen molar-refractivity contribution in [2.45, 2.75) is 57.5 Å². The number of aliphatic hydroxyl groups excluding tert-OH is 1. The molecule has 0 spiro atoms. The van der Waals surface area contributed by atoms with Crippen LogP contribution in [0, 0.1) is 16.7 Å². The molecule has 1 aromatic carbocycles.